The lowest BCUT2D eigenvalue weighted by molar-refractivity contribution is 0.0585. The van der Waals surface area contributed by atoms with Crippen molar-refractivity contribution in [1.29, 1.82) is 0 Å². The first-order valence-electron chi connectivity index (χ1n) is 16.3. The van der Waals surface area contributed by atoms with E-state index in [0.29, 0.717) is 22.8 Å². The van der Waals surface area contributed by atoms with Crippen molar-refractivity contribution in [2.75, 3.05) is 32.7 Å². The highest BCUT2D eigenvalue weighted by atomic mass is 35.5. The van der Waals surface area contributed by atoms with Crippen molar-refractivity contribution >= 4 is 11.6 Å². The van der Waals surface area contributed by atoms with Crippen LogP contribution in [0.3, 0.4) is 0 Å². The van der Waals surface area contributed by atoms with Crippen molar-refractivity contribution in [3.05, 3.63) is 11.6 Å². The highest BCUT2D eigenvalue weighted by Crippen LogP contribution is 2.43. The molecule has 10 N–H and O–H groups in total. The number of alkyl halides is 1. The van der Waals surface area contributed by atoms with E-state index >= 15 is 0 Å². The first-order valence-corrected chi connectivity index (χ1v) is 16.7. The lowest BCUT2D eigenvalue weighted by Crippen LogP contribution is -2.52. The molecule has 0 amide bonds. The Morgan fingerprint density at radius 1 is 0.952 bits per heavy atom. The molecule has 1 heterocycles. The highest BCUT2D eigenvalue weighted by Gasteiger charge is 2.39. The minimum absolute atomic E-state index is 0. The molecule has 4 aliphatic rings. The van der Waals surface area contributed by atoms with Crippen LogP contribution >= 0.6 is 11.6 Å². The van der Waals surface area contributed by atoms with E-state index in [1.165, 1.54) is 96.8 Å². The molecule has 0 aromatic carbocycles. The summed E-state index contributed by atoms with van der Waals surface area (Å²) in [5.41, 5.74) is 2.06. The Kier molecular flexibility index (Phi) is 21.6. The van der Waals surface area contributed by atoms with Gasteiger partial charge in [0.05, 0.1) is 0 Å². The maximum absolute atomic E-state index is 6.39. The zero-order valence-electron chi connectivity index (χ0n) is 27.0. The fraction of sp³-hybridized carbons (Fsp3) is 0.941. The van der Waals surface area contributed by atoms with Gasteiger partial charge in [0.15, 0.2) is 0 Å². The maximum atomic E-state index is 6.39. The van der Waals surface area contributed by atoms with Crippen molar-refractivity contribution in [2.24, 2.45) is 35.0 Å². The van der Waals surface area contributed by atoms with E-state index in [0.717, 1.165) is 42.7 Å². The summed E-state index contributed by atoms with van der Waals surface area (Å²) in [6, 6.07) is 1.40. The summed E-state index contributed by atoms with van der Waals surface area (Å²) in [5, 5.41) is 8.17. The molecule has 3 fully saturated rings. The van der Waals surface area contributed by atoms with Crippen molar-refractivity contribution in [3.8, 4) is 0 Å². The molecular formula is C34H72ClN3O4. The molecule has 0 spiro atoms. The van der Waals surface area contributed by atoms with Crippen LogP contribution in [-0.2, 0) is 0 Å². The van der Waals surface area contributed by atoms with Crippen LogP contribution in [0.15, 0.2) is 11.6 Å². The van der Waals surface area contributed by atoms with E-state index in [4.69, 9.17) is 11.6 Å². The van der Waals surface area contributed by atoms with Crippen LogP contribution in [0.1, 0.15) is 119 Å². The lowest BCUT2D eigenvalue weighted by atomic mass is 9.68. The second-order valence-corrected chi connectivity index (χ2v) is 15.1. The van der Waals surface area contributed by atoms with Crippen LogP contribution < -0.4 is 10.6 Å². The maximum Gasteiger partial charge on any atom is 0.0373 e. The van der Waals surface area contributed by atoms with E-state index in [-0.39, 0.29) is 29.3 Å². The molecular weight excluding hydrogens is 550 g/mol. The van der Waals surface area contributed by atoms with Crippen molar-refractivity contribution in [2.45, 2.75) is 137 Å². The van der Waals surface area contributed by atoms with E-state index < -0.39 is 0 Å². The van der Waals surface area contributed by atoms with Gasteiger partial charge < -0.3 is 37.4 Å². The SMILES string of the molecule is C.CCNC1CCC(C2CCCC(CN[C@@H](CN3CC[C@H](C4=CCC(Cl)CC4)C(C)(C)C3)C(C)C)C2)CC1.O.O.O.O. The predicted molar refractivity (Wildman–Crippen MR) is 183 cm³/mol. The summed E-state index contributed by atoms with van der Waals surface area (Å²) in [5.74, 6) is 4.30. The van der Waals surface area contributed by atoms with E-state index in [1.54, 1.807) is 5.57 Å². The van der Waals surface area contributed by atoms with Crippen LogP contribution in [0.5, 0.6) is 0 Å². The number of nitrogens with one attached hydrogen (secondary N) is 2. The summed E-state index contributed by atoms with van der Waals surface area (Å²) in [7, 11) is 0. The average molecular weight is 622 g/mol. The van der Waals surface area contributed by atoms with Gasteiger partial charge in [-0.2, -0.15) is 0 Å². The predicted octanol–water partition coefficient (Wildman–Crippen LogP) is 4.98. The van der Waals surface area contributed by atoms with E-state index in [1.807, 2.05) is 0 Å². The fourth-order valence-electron chi connectivity index (χ4n) is 8.59. The molecule has 0 bridgehead atoms. The molecule has 7 nitrogen and oxygen atoms in total. The van der Waals surface area contributed by atoms with Crippen LogP contribution in [0.25, 0.3) is 0 Å². The molecule has 1 saturated heterocycles. The lowest BCUT2D eigenvalue weighted by Gasteiger charge is -2.47. The van der Waals surface area contributed by atoms with Crippen LogP contribution in [0, 0.1) is 35.0 Å². The Hall–Kier alpha value is -0.250. The molecule has 0 aromatic heterocycles. The monoisotopic (exact) mass is 622 g/mol. The van der Waals surface area contributed by atoms with Crippen molar-refractivity contribution < 1.29 is 21.9 Å². The van der Waals surface area contributed by atoms with Crippen LogP contribution in [-0.4, -0.2) is 77.0 Å². The van der Waals surface area contributed by atoms with Crippen LogP contribution in [0.2, 0.25) is 0 Å². The fourth-order valence-corrected chi connectivity index (χ4v) is 8.79. The van der Waals surface area contributed by atoms with Gasteiger partial charge in [0.2, 0.25) is 0 Å². The van der Waals surface area contributed by atoms with Crippen LogP contribution in [0.4, 0.5) is 0 Å². The summed E-state index contributed by atoms with van der Waals surface area (Å²) in [6.07, 6.45) is 18.9. The topological polar surface area (TPSA) is 153 Å². The van der Waals surface area contributed by atoms with E-state index in [2.05, 4.69) is 56.2 Å². The normalized spacial score (nSPS) is 32.0. The quantitative estimate of drug-likeness (QED) is 0.261. The van der Waals surface area contributed by atoms with Gasteiger partial charge in [-0.1, -0.05) is 66.5 Å². The number of hydrogen-bond acceptors (Lipinski definition) is 3. The molecule has 2 saturated carbocycles. The van der Waals surface area contributed by atoms with Crippen molar-refractivity contribution in [3.63, 3.8) is 0 Å². The third-order valence-electron chi connectivity index (χ3n) is 10.8. The second kappa shape index (κ2) is 20.7. The third kappa shape index (κ3) is 12.3. The smallest absolute Gasteiger partial charge is 0.0373 e. The molecule has 42 heavy (non-hydrogen) atoms. The highest BCUT2D eigenvalue weighted by molar-refractivity contribution is 6.20. The average Bonchev–Trinajstić information content (AvgIpc) is 2.87. The molecule has 0 radical (unpaired) electrons. The van der Waals surface area contributed by atoms with Gasteiger partial charge in [0.25, 0.3) is 0 Å². The molecule has 3 aliphatic carbocycles. The molecule has 4 rings (SSSR count). The molecule has 5 atom stereocenters. The number of nitrogens with zero attached hydrogens (tertiary/aromatic N) is 1. The summed E-state index contributed by atoms with van der Waals surface area (Å²) < 4.78 is 0. The molecule has 254 valence electrons. The number of likely N-dealkylation sites (tertiary alicyclic amines) is 1. The molecule has 1 aliphatic heterocycles. The third-order valence-corrected chi connectivity index (χ3v) is 11.2. The van der Waals surface area contributed by atoms with Gasteiger partial charge in [-0.05, 0) is 119 Å². The minimum atomic E-state index is 0. The molecule has 8 heteroatoms. The van der Waals surface area contributed by atoms with Gasteiger partial charge in [-0.15, -0.1) is 11.6 Å². The van der Waals surface area contributed by atoms with Crippen molar-refractivity contribution in [1.82, 2.24) is 15.5 Å². The Bertz CT molecular complexity index is 730. The summed E-state index contributed by atoms with van der Waals surface area (Å²) in [6.45, 7) is 18.2. The van der Waals surface area contributed by atoms with E-state index in [9.17, 15) is 0 Å². The van der Waals surface area contributed by atoms with Gasteiger partial charge in [-0.25, -0.2) is 0 Å². The minimum Gasteiger partial charge on any atom is -0.412 e. The number of hydrogen-bond donors (Lipinski definition) is 2. The number of halogens is 1. The number of allylic oxidation sites excluding steroid dienone is 2. The summed E-state index contributed by atoms with van der Waals surface area (Å²) >= 11 is 6.39. The van der Waals surface area contributed by atoms with Gasteiger partial charge >= 0.3 is 0 Å². The Balaban J connectivity index is 0. The zero-order valence-corrected chi connectivity index (χ0v) is 27.8. The Morgan fingerprint density at radius 3 is 2.21 bits per heavy atom. The first kappa shape index (κ1) is 43.9. The van der Waals surface area contributed by atoms with Gasteiger partial charge in [0.1, 0.15) is 0 Å². The Labute approximate surface area is 264 Å². The summed E-state index contributed by atoms with van der Waals surface area (Å²) in [4.78, 5) is 2.79. The molecule has 0 aromatic rings. The number of piperidine rings is 1. The standard InChI is InChI=1S/C33H60ClN3.CH4.4H2O/c1-6-35-30-16-12-26(13-17-30)28-9-7-8-25(20-28)21-36-32(24(2)3)22-37-19-18-31(33(4,5)23-37)27-10-14-29(34)15-11-27;;;;;/h10,24-26,28-32,35-36H,6-9,11-23H2,1-5H3;1H4;4*1H2/t25?,26?,28?,29?,30?,31-,32+;;;;;/m1...../s1. The molecule has 3 unspecified atom stereocenters. The Morgan fingerprint density at radius 2 is 1.64 bits per heavy atom. The largest absolute Gasteiger partial charge is 0.412 e. The first-order chi connectivity index (χ1) is 17.7. The van der Waals surface area contributed by atoms with Gasteiger partial charge in [0, 0.05) is 30.6 Å². The van der Waals surface area contributed by atoms with Gasteiger partial charge in [-0.3, -0.25) is 0 Å². The zero-order chi connectivity index (χ0) is 26.4. The number of rotatable bonds is 10. The second-order valence-electron chi connectivity index (χ2n) is 14.4.